The molecule has 0 atom stereocenters. The maximum atomic E-state index is 13.1. The van der Waals surface area contributed by atoms with Crippen molar-refractivity contribution in [3.05, 3.63) is 58.3 Å². The van der Waals surface area contributed by atoms with Crippen molar-refractivity contribution in [2.24, 2.45) is 0 Å². The molecule has 0 bridgehead atoms. The highest BCUT2D eigenvalue weighted by Crippen LogP contribution is 2.11. The highest BCUT2D eigenvalue weighted by atomic mass is 19.1. The SMILES string of the molecule is COc1cn(CC(=O)Nc2cccc(F)c2)c(CO)cc1=O. The molecule has 0 saturated heterocycles. The number of hydrogen-bond acceptors (Lipinski definition) is 4. The Labute approximate surface area is 125 Å². The summed E-state index contributed by atoms with van der Waals surface area (Å²) in [5, 5.41) is 11.8. The van der Waals surface area contributed by atoms with Crippen LogP contribution < -0.4 is 15.5 Å². The van der Waals surface area contributed by atoms with Gasteiger partial charge in [-0.05, 0) is 18.2 Å². The third kappa shape index (κ3) is 3.70. The zero-order valence-electron chi connectivity index (χ0n) is 11.9. The fraction of sp³-hybridized carbons (Fsp3) is 0.200. The number of rotatable bonds is 5. The van der Waals surface area contributed by atoms with E-state index in [0.29, 0.717) is 5.69 Å². The number of hydrogen-bond donors (Lipinski definition) is 2. The third-order valence-electron chi connectivity index (χ3n) is 2.99. The van der Waals surface area contributed by atoms with Crippen LogP contribution in [-0.2, 0) is 17.9 Å². The summed E-state index contributed by atoms with van der Waals surface area (Å²) in [5.41, 5.74) is 0.220. The van der Waals surface area contributed by atoms with Crippen LogP contribution in [0.4, 0.5) is 10.1 Å². The van der Waals surface area contributed by atoms with Gasteiger partial charge in [-0.25, -0.2) is 4.39 Å². The molecule has 0 radical (unpaired) electrons. The summed E-state index contributed by atoms with van der Waals surface area (Å²) in [6, 6.07) is 6.70. The number of amides is 1. The fourth-order valence-corrected chi connectivity index (χ4v) is 1.95. The molecule has 116 valence electrons. The summed E-state index contributed by atoms with van der Waals surface area (Å²) in [6.07, 6.45) is 1.35. The number of methoxy groups -OCH3 is 1. The Morgan fingerprint density at radius 1 is 1.41 bits per heavy atom. The average Bonchev–Trinajstić information content (AvgIpc) is 2.48. The van der Waals surface area contributed by atoms with Gasteiger partial charge in [0.25, 0.3) is 0 Å². The standard InChI is InChI=1S/C15H15FN2O4/c1-22-14-7-18(12(9-19)6-13(14)20)8-15(21)17-11-4-2-3-10(16)5-11/h2-7,19H,8-9H2,1H3,(H,17,21). The van der Waals surface area contributed by atoms with Crippen molar-refractivity contribution in [2.75, 3.05) is 12.4 Å². The molecule has 0 saturated carbocycles. The zero-order valence-corrected chi connectivity index (χ0v) is 11.9. The Hall–Kier alpha value is -2.67. The predicted molar refractivity (Wildman–Crippen MR) is 78.2 cm³/mol. The van der Waals surface area contributed by atoms with Gasteiger partial charge >= 0.3 is 0 Å². The van der Waals surface area contributed by atoms with E-state index >= 15 is 0 Å². The Kier molecular flexibility index (Phi) is 4.90. The Bertz CT molecular complexity index is 743. The van der Waals surface area contributed by atoms with Gasteiger partial charge in [-0.1, -0.05) is 6.07 Å². The summed E-state index contributed by atoms with van der Waals surface area (Å²) in [5.74, 6) is -0.819. The average molecular weight is 306 g/mol. The molecule has 7 heteroatoms. The molecule has 1 aromatic carbocycles. The summed E-state index contributed by atoms with van der Waals surface area (Å²) in [4.78, 5) is 23.6. The number of nitrogens with zero attached hydrogens (tertiary/aromatic N) is 1. The van der Waals surface area contributed by atoms with Crippen LogP contribution in [0.25, 0.3) is 0 Å². The van der Waals surface area contributed by atoms with Crippen molar-refractivity contribution in [3.63, 3.8) is 0 Å². The van der Waals surface area contributed by atoms with Gasteiger partial charge in [-0.3, -0.25) is 9.59 Å². The lowest BCUT2D eigenvalue weighted by atomic mass is 10.3. The van der Waals surface area contributed by atoms with E-state index in [1.807, 2.05) is 0 Å². The Morgan fingerprint density at radius 2 is 2.18 bits per heavy atom. The van der Waals surface area contributed by atoms with Crippen molar-refractivity contribution in [2.45, 2.75) is 13.2 Å². The van der Waals surface area contributed by atoms with Crippen molar-refractivity contribution >= 4 is 11.6 Å². The van der Waals surface area contributed by atoms with Gasteiger partial charge in [-0.2, -0.15) is 0 Å². The summed E-state index contributed by atoms with van der Waals surface area (Å²) >= 11 is 0. The lowest BCUT2D eigenvalue weighted by molar-refractivity contribution is -0.116. The van der Waals surface area contributed by atoms with E-state index in [1.165, 1.54) is 42.1 Å². The van der Waals surface area contributed by atoms with E-state index in [0.717, 1.165) is 0 Å². The first-order chi connectivity index (χ1) is 10.5. The molecule has 0 aliphatic rings. The van der Waals surface area contributed by atoms with Crippen LogP contribution in [0.1, 0.15) is 5.69 Å². The van der Waals surface area contributed by atoms with Crippen LogP contribution in [0.2, 0.25) is 0 Å². The van der Waals surface area contributed by atoms with Crippen LogP contribution in [0.3, 0.4) is 0 Å². The molecule has 2 aromatic rings. The van der Waals surface area contributed by atoms with Crippen LogP contribution in [0, 0.1) is 5.82 Å². The number of halogens is 1. The molecule has 0 spiro atoms. The van der Waals surface area contributed by atoms with E-state index in [2.05, 4.69) is 5.32 Å². The second kappa shape index (κ2) is 6.86. The Balaban J connectivity index is 2.19. The molecule has 1 heterocycles. The van der Waals surface area contributed by atoms with Gasteiger partial charge < -0.3 is 19.7 Å². The fourth-order valence-electron chi connectivity index (χ4n) is 1.95. The number of anilines is 1. The first kappa shape index (κ1) is 15.7. The second-order valence-corrected chi connectivity index (χ2v) is 4.54. The molecule has 6 nitrogen and oxygen atoms in total. The number of carbonyl (C=O) groups excluding carboxylic acids is 1. The van der Waals surface area contributed by atoms with Crippen molar-refractivity contribution in [3.8, 4) is 5.75 Å². The van der Waals surface area contributed by atoms with E-state index in [1.54, 1.807) is 6.07 Å². The van der Waals surface area contributed by atoms with E-state index < -0.39 is 18.3 Å². The highest BCUT2D eigenvalue weighted by molar-refractivity contribution is 5.90. The summed E-state index contributed by atoms with van der Waals surface area (Å²) in [7, 11) is 1.34. The number of pyridine rings is 1. The number of nitrogens with one attached hydrogen (secondary N) is 1. The number of carbonyl (C=O) groups is 1. The maximum absolute atomic E-state index is 13.1. The number of benzene rings is 1. The molecule has 0 aliphatic heterocycles. The topological polar surface area (TPSA) is 80.6 Å². The lowest BCUT2D eigenvalue weighted by Gasteiger charge is -2.13. The second-order valence-electron chi connectivity index (χ2n) is 4.54. The van der Waals surface area contributed by atoms with Crippen LogP contribution >= 0.6 is 0 Å². The smallest absolute Gasteiger partial charge is 0.244 e. The third-order valence-corrected chi connectivity index (χ3v) is 2.99. The maximum Gasteiger partial charge on any atom is 0.244 e. The summed E-state index contributed by atoms with van der Waals surface area (Å²) < 4.78 is 19.4. The quantitative estimate of drug-likeness (QED) is 0.867. The molecule has 1 aromatic heterocycles. The van der Waals surface area contributed by atoms with Gasteiger partial charge in [0.05, 0.1) is 19.9 Å². The minimum absolute atomic E-state index is 0.0655. The van der Waals surface area contributed by atoms with Gasteiger partial charge in [0.2, 0.25) is 11.3 Å². The molecular weight excluding hydrogens is 291 g/mol. The number of aromatic nitrogens is 1. The zero-order chi connectivity index (χ0) is 16.1. The van der Waals surface area contributed by atoms with Crippen molar-refractivity contribution < 1.29 is 19.0 Å². The van der Waals surface area contributed by atoms with E-state index in [-0.39, 0.29) is 23.4 Å². The van der Waals surface area contributed by atoms with Crippen LogP contribution in [0.15, 0.2) is 41.3 Å². The molecule has 0 unspecified atom stereocenters. The van der Waals surface area contributed by atoms with Crippen LogP contribution in [-0.4, -0.2) is 22.7 Å². The predicted octanol–water partition coefficient (Wildman–Crippen LogP) is 1.13. The van der Waals surface area contributed by atoms with Gasteiger partial charge in [0.1, 0.15) is 12.4 Å². The minimum atomic E-state index is -0.459. The van der Waals surface area contributed by atoms with Gasteiger partial charge in [0.15, 0.2) is 5.75 Å². The molecule has 2 N–H and O–H groups in total. The van der Waals surface area contributed by atoms with E-state index in [9.17, 15) is 19.1 Å². The number of aliphatic hydroxyl groups excluding tert-OH is 1. The van der Waals surface area contributed by atoms with Crippen LogP contribution in [0.5, 0.6) is 5.75 Å². The van der Waals surface area contributed by atoms with Gasteiger partial charge in [0, 0.05) is 17.4 Å². The number of aliphatic hydroxyl groups is 1. The van der Waals surface area contributed by atoms with E-state index in [4.69, 9.17) is 4.74 Å². The monoisotopic (exact) mass is 306 g/mol. The first-order valence-electron chi connectivity index (χ1n) is 6.47. The number of ether oxygens (including phenoxy) is 1. The molecule has 2 rings (SSSR count). The highest BCUT2D eigenvalue weighted by Gasteiger charge is 2.10. The molecule has 0 fully saturated rings. The normalized spacial score (nSPS) is 10.3. The molecule has 1 amide bonds. The Morgan fingerprint density at radius 3 is 2.82 bits per heavy atom. The lowest BCUT2D eigenvalue weighted by Crippen LogP contribution is -2.23. The first-order valence-corrected chi connectivity index (χ1v) is 6.47. The molecular formula is C15H15FN2O4. The van der Waals surface area contributed by atoms with Crippen molar-refractivity contribution in [1.29, 1.82) is 0 Å². The molecule has 0 aliphatic carbocycles. The largest absolute Gasteiger partial charge is 0.491 e. The minimum Gasteiger partial charge on any atom is -0.491 e. The summed E-state index contributed by atoms with van der Waals surface area (Å²) in [6.45, 7) is -0.546. The van der Waals surface area contributed by atoms with Gasteiger partial charge in [-0.15, -0.1) is 0 Å². The van der Waals surface area contributed by atoms with Crippen molar-refractivity contribution in [1.82, 2.24) is 4.57 Å². The molecule has 22 heavy (non-hydrogen) atoms.